The number of rotatable bonds is 11. The Bertz CT molecular complexity index is 1040. The molecular weight excluding hydrogens is 416 g/mol. The predicted molar refractivity (Wildman–Crippen MR) is 122 cm³/mol. The van der Waals surface area contributed by atoms with E-state index in [1.165, 1.54) is 7.11 Å². The van der Waals surface area contributed by atoms with Gasteiger partial charge in [-0.2, -0.15) is 5.10 Å². The summed E-state index contributed by atoms with van der Waals surface area (Å²) in [7, 11) is 3.05. The summed E-state index contributed by atoms with van der Waals surface area (Å²) in [6.45, 7) is 5.86. The summed E-state index contributed by atoms with van der Waals surface area (Å²) in [6, 6.07) is 5.21. The fraction of sp³-hybridized carbons (Fsp3) is 0.429. The van der Waals surface area contributed by atoms with Crippen molar-refractivity contribution in [3.63, 3.8) is 0 Å². The van der Waals surface area contributed by atoms with E-state index < -0.39 is 0 Å². The smallest absolute Gasteiger partial charge is 0.255 e. The number of ether oxygens (including phenoxy) is 2. The van der Waals surface area contributed by atoms with Gasteiger partial charge in [0.15, 0.2) is 22.3 Å². The summed E-state index contributed by atoms with van der Waals surface area (Å²) in [6.07, 6.45) is 2.76. The summed E-state index contributed by atoms with van der Waals surface area (Å²) in [4.78, 5) is 22.0. The van der Waals surface area contributed by atoms with Gasteiger partial charge >= 0.3 is 0 Å². The fourth-order valence-electron chi connectivity index (χ4n) is 3.11. The number of thioether (sulfide) groups is 1. The third-order valence-electron chi connectivity index (χ3n) is 4.55. The molecule has 0 saturated heterocycles. The standard InChI is InChI=1S/C21H28N6O3S/c1-5-10-22-18-15-13-24-27(19(15)26-21(25-18)31-6-2)12-11-23-20(28)14-8-7-9-16(29-3)17(14)30-4/h7-9,13H,5-6,10-12H2,1-4H3,(H,23,28)(H,22,25,26). The summed E-state index contributed by atoms with van der Waals surface area (Å²) >= 11 is 1.58. The molecule has 0 radical (unpaired) electrons. The maximum absolute atomic E-state index is 12.7. The molecule has 0 atom stereocenters. The number of carbonyl (C=O) groups is 1. The second-order valence-electron chi connectivity index (χ2n) is 6.62. The topological polar surface area (TPSA) is 103 Å². The number of hydrogen-bond acceptors (Lipinski definition) is 8. The second-order valence-corrected chi connectivity index (χ2v) is 7.85. The van der Waals surface area contributed by atoms with Gasteiger partial charge in [0.2, 0.25) is 0 Å². The normalized spacial score (nSPS) is 10.8. The van der Waals surface area contributed by atoms with E-state index in [9.17, 15) is 4.79 Å². The summed E-state index contributed by atoms with van der Waals surface area (Å²) in [5, 5.41) is 12.3. The number of methoxy groups -OCH3 is 2. The van der Waals surface area contributed by atoms with Crippen molar-refractivity contribution in [2.75, 3.05) is 38.4 Å². The number of nitrogens with zero attached hydrogens (tertiary/aromatic N) is 4. The van der Waals surface area contributed by atoms with Crippen LogP contribution in [0.15, 0.2) is 29.6 Å². The molecule has 9 nitrogen and oxygen atoms in total. The van der Waals surface area contributed by atoms with Crippen LogP contribution in [0, 0.1) is 0 Å². The highest BCUT2D eigenvalue weighted by molar-refractivity contribution is 7.99. The number of hydrogen-bond donors (Lipinski definition) is 2. The predicted octanol–water partition coefficient (Wildman–Crippen LogP) is 3.21. The lowest BCUT2D eigenvalue weighted by atomic mass is 10.1. The monoisotopic (exact) mass is 444 g/mol. The Morgan fingerprint density at radius 3 is 2.71 bits per heavy atom. The summed E-state index contributed by atoms with van der Waals surface area (Å²) < 4.78 is 12.4. The van der Waals surface area contributed by atoms with Crippen LogP contribution in [-0.2, 0) is 6.54 Å². The molecule has 2 heterocycles. The molecule has 0 unspecified atom stereocenters. The van der Waals surface area contributed by atoms with Gasteiger partial charge in [0.05, 0.1) is 37.9 Å². The lowest BCUT2D eigenvalue weighted by Crippen LogP contribution is -2.28. The van der Waals surface area contributed by atoms with Crippen LogP contribution in [0.1, 0.15) is 30.6 Å². The highest BCUT2D eigenvalue weighted by atomic mass is 32.2. The molecule has 0 aliphatic rings. The van der Waals surface area contributed by atoms with Crippen LogP contribution < -0.4 is 20.1 Å². The van der Waals surface area contributed by atoms with E-state index in [4.69, 9.17) is 9.47 Å². The van der Waals surface area contributed by atoms with E-state index >= 15 is 0 Å². The molecule has 3 aromatic rings. The molecule has 0 spiro atoms. The number of fused-ring (bicyclic) bond motifs is 1. The molecule has 31 heavy (non-hydrogen) atoms. The first kappa shape index (κ1) is 22.7. The largest absolute Gasteiger partial charge is 0.493 e. The number of amides is 1. The zero-order valence-corrected chi connectivity index (χ0v) is 19.1. The van der Waals surface area contributed by atoms with E-state index in [1.54, 1.807) is 47.9 Å². The molecule has 0 saturated carbocycles. The second kappa shape index (κ2) is 10.9. The molecule has 3 rings (SSSR count). The Balaban J connectivity index is 1.75. The van der Waals surface area contributed by atoms with Crippen LogP contribution in [0.25, 0.3) is 11.0 Å². The van der Waals surface area contributed by atoms with Crippen LogP contribution in [0.5, 0.6) is 11.5 Å². The summed E-state index contributed by atoms with van der Waals surface area (Å²) in [5.74, 6) is 2.35. The van der Waals surface area contributed by atoms with Crippen molar-refractivity contribution < 1.29 is 14.3 Å². The minimum absolute atomic E-state index is 0.241. The molecule has 1 amide bonds. The van der Waals surface area contributed by atoms with Crippen LogP contribution in [-0.4, -0.2) is 58.7 Å². The van der Waals surface area contributed by atoms with E-state index in [2.05, 4.69) is 39.5 Å². The first-order valence-corrected chi connectivity index (χ1v) is 11.2. The molecule has 0 aliphatic heterocycles. The van der Waals surface area contributed by atoms with E-state index in [0.717, 1.165) is 35.6 Å². The lowest BCUT2D eigenvalue weighted by Gasteiger charge is -2.13. The SMILES string of the molecule is CCCNc1nc(SCC)nc2c1cnn2CCNC(=O)c1cccc(OC)c1OC. The van der Waals surface area contributed by atoms with Crippen molar-refractivity contribution in [1.82, 2.24) is 25.1 Å². The number of para-hydroxylation sites is 1. The number of aromatic nitrogens is 4. The van der Waals surface area contributed by atoms with Crippen LogP contribution in [0.3, 0.4) is 0 Å². The van der Waals surface area contributed by atoms with E-state index in [-0.39, 0.29) is 5.91 Å². The highest BCUT2D eigenvalue weighted by Gasteiger charge is 2.17. The molecule has 10 heteroatoms. The molecule has 2 N–H and O–H groups in total. The number of carbonyl (C=O) groups excluding carboxylic acids is 1. The first-order chi connectivity index (χ1) is 15.1. The van der Waals surface area contributed by atoms with Gasteiger partial charge in [0, 0.05) is 13.1 Å². The zero-order valence-electron chi connectivity index (χ0n) is 18.3. The van der Waals surface area contributed by atoms with Crippen LogP contribution in [0.4, 0.5) is 5.82 Å². The Hall–Kier alpha value is -3.01. The zero-order chi connectivity index (χ0) is 22.2. The molecule has 166 valence electrons. The van der Waals surface area contributed by atoms with Gasteiger partial charge < -0.3 is 20.1 Å². The third kappa shape index (κ3) is 5.19. The lowest BCUT2D eigenvalue weighted by molar-refractivity contribution is 0.0948. The molecule has 1 aromatic carbocycles. The quantitative estimate of drug-likeness (QED) is 0.343. The van der Waals surface area contributed by atoms with Gasteiger partial charge in [-0.3, -0.25) is 4.79 Å². The van der Waals surface area contributed by atoms with E-state index in [0.29, 0.717) is 35.3 Å². The molecule has 0 fully saturated rings. The Kier molecular flexibility index (Phi) is 7.94. The molecule has 0 aliphatic carbocycles. The molecule has 2 aromatic heterocycles. The van der Waals surface area contributed by atoms with Crippen molar-refractivity contribution in [1.29, 1.82) is 0 Å². The highest BCUT2D eigenvalue weighted by Crippen LogP contribution is 2.30. The Morgan fingerprint density at radius 2 is 2.00 bits per heavy atom. The van der Waals surface area contributed by atoms with Crippen molar-refractivity contribution >= 4 is 34.5 Å². The van der Waals surface area contributed by atoms with Crippen molar-refractivity contribution in [2.45, 2.75) is 32.0 Å². The van der Waals surface area contributed by atoms with Gasteiger partial charge in [0.25, 0.3) is 5.91 Å². The average Bonchev–Trinajstić information content (AvgIpc) is 3.19. The fourth-order valence-corrected chi connectivity index (χ4v) is 3.67. The van der Waals surface area contributed by atoms with Crippen molar-refractivity contribution in [3.8, 4) is 11.5 Å². The number of nitrogens with one attached hydrogen (secondary N) is 2. The maximum Gasteiger partial charge on any atom is 0.255 e. The van der Waals surface area contributed by atoms with Gasteiger partial charge in [-0.25, -0.2) is 14.6 Å². The van der Waals surface area contributed by atoms with Gasteiger partial charge in [0.1, 0.15) is 5.82 Å². The Labute approximate surface area is 185 Å². The minimum atomic E-state index is -0.241. The number of anilines is 1. The van der Waals surface area contributed by atoms with Crippen molar-refractivity contribution in [3.05, 3.63) is 30.0 Å². The van der Waals surface area contributed by atoms with Crippen LogP contribution in [0.2, 0.25) is 0 Å². The van der Waals surface area contributed by atoms with Gasteiger partial charge in [-0.05, 0) is 24.3 Å². The van der Waals surface area contributed by atoms with Crippen molar-refractivity contribution in [2.24, 2.45) is 0 Å². The number of benzene rings is 1. The third-order valence-corrected chi connectivity index (χ3v) is 5.28. The molecule has 0 bridgehead atoms. The van der Waals surface area contributed by atoms with Crippen LogP contribution >= 0.6 is 11.8 Å². The molecular formula is C21H28N6O3S. The first-order valence-electron chi connectivity index (χ1n) is 10.2. The minimum Gasteiger partial charge on any atom is -0.493 e. The van der Waals surface area contributed by atoms with E-state index in [1.807, 2.05) is 0 Å². The van der Waals surface area contributed by atoms with Gasteiger partial charge in [-0.15, -0.1) is 0 Å². The Morgan fingerprint density at radius 1 is 1.16 bits per heavy atom. The average molecular weight is 445 g/mol. The van der Waals surface area contributed by atoms with Gasteiger partial charge in [-0.1, -0.05) is 31.7 Å². The summed E-state index contributed by atoms with van der Waals surface area (Å²) in [5.41, 5.74) is 1.17. The maximum atomic E-state index is 12.7.